The monoisotopic (exact) mass is 545 g/mol. The van der Waals surface area contributed by atoms with Crippen molar-refractivity contribution >= 4 is 11.3 Å². The first-order valence-electron chi connectivity index (χ1n) is 12.5. The second kappa shape index (κ2) is 9.15. The molecule has 2 aliphatic rings. The van der Waals surface area contributed by atoms with E-state index in [0.29, 0.717) is 30.9 Å². The van der Waals surface area contributed by atoms with E-state index in [-0.39, 0.29) is 29.0 Å². The van der Waals surface area contributed by atoms with Gasteiger partial charge in [0.1, 0.15) is 28.9 Å². The Kier molecular flexibility index (Phi) is 5.97. The largest absolute Gasteiger partial charge is 0.423 e. The van der Waals surface area contributed by atoms with Crippen LogP contribution in [0.3, 0.4) is 0 Å². The molecule has 0 amide bonds. The van der Waals surface area contributed by atoms with Crippen LogP contribution in [0.4, 0.5) is 27.6 Å². The topological polar surface area (TPSA) is 64.7 Å². The van der Waals surface area contributed by atoms with Crippen LogP contribution in [-0.2, 0) is 10.9 Å². The maximum atomic E-state index is 14.9. The Morgan fingerprint density at radius 1 is 1.05 bits per heavy atom. The SMILES string of the molecule is Cc1nc2c(-c3ccc(F)cc3F)cc(N3CC(C)OC(c4cnn(C5CC5)c4)C3)cn2c(=O)c1C(F)(F)F. The second-order valence-corrected chi connectivity index (χ2v) is 10.1. The number of aryl methyl sites for hydroxylation is 1. The fourth-order valence-corrected chi connectivity index (χ4v) is 5.14. The van der Waals surface area contributed by atoms with Crippen molar-refractivity contribution in [3.05, 3.63) is 81.7 Å². The van der Waals surface area contributed by atoms with Crippen molar-refractivity contribution in [1.29, 1.82) is 0 Å². The molecule has 0 N–H and O–H groups in total. The van der Waals surface area contributed by atoms with Gasteiger partial charge in [-0.25, -0.2) is 13.8 Å². The Morgan fingerprint density at radius 3 is 2.51 bits per heavy atom. The lowest BCUT2D eigenvalue weighted by Gasteiger charge is -2.38. The average molecular weight is 546 g/mol. The molecule has 0 spiro atoms. The summed E-state index contributed by atoms with van der Waals surface area (Å²) in [5, 5.41) is 4.43. The number of pyridine rings is 1. The molecule has 1 saturated heterocycles. The van der Waals surface area contributed by atoms with E-state index >= 15 is 0 Å². The van der Waals surface area contributed by atoms with E-state index in [9.17, 15) is 26.7 Å². The van der Waals surface area contributed by atoms with Crippen LogP contribution in [0, 0.1) is 18.6 Å². The molecule has 7 nitrogen and oxygen atoms in total. The molecular formula is C27H24F5N5O2. The molecule has 2 unspecified atom stereocenters. The third kappa shape index (κ3) is 4.66. The van der Waals surface area contributed by atoms with Gasteiger partial charge in [-0.05, 0) is 44.9 Å². The van der Waals surface area contributed by atoms with Gasteiger partial charge in [-0.1, -0.05) is 0 Å². The summed E-state index contributed by atoms with van der Waals surface area (Å²) in [6.07, 6.45) is 1.50. The number of morpholine rings is 1. The molecule has 2 atom stereocenters. The minimum absolute atomic E-state index is 0.0659. The number of fused-ring (bicyclic) bond motifs is 1. The molecule has 1 aromatic carbocycles. The number of benzene rings is 1. The predicted octanol–water partition coefficient (Wildman–Crippen LogP) is 5.46. The Bertz CT molecular complexity index is 1640. The number of hydrogen-bond acceptors (Lipinski definition) is 5. The van der Waals surface area contributed by atoms with Gasteiger partial charge < -0.3 is 9.64 Å². The van der Waals surface area contributed by atoms with Gasteiger partial charge in [0.15, 0.2) is 0 Å². The van der Waals surface area contributed by atoms with E-state index in [2.05, 4.69) is 10.1 Å². The minimum atomic E-state index is -4.94. The van der Waals surface area contributed by atoms with Crippen LogP contribution in [0.15, 0.2) is 47.7 Å². The number of rotatable bonds is 4. The summed E-state index contributed by atoms with van der Waals surface area (Å²) in [6, 6.07) is 4.85. The van der Waals surface area contributed by atoms with Crippen molar-refractivity contribution in [3.63, 3.8) is 0 Å². The molecule has 1 saturated carbocycles. The van der Waals surface area contributed by atoms with Gasteiger partial charge in [-0.15, -0.1) is 0 Å². The van der Waals surface area contributed by atoms with E-state index in [1.807, 2.05) is 22.7 Å². The highest BCUT2D eigenvalue weighted by Crippen LogP contribution is 2.37. The number of ether oxygens (including phenoxy) is 1. The van der Waals surface area contributed by atoms with Crippen LogP contribution >= 0.6 is 0 Å². The quantitative estimate of drug-likeness (QED) is 0.319. The highest BCUT2D eigenvalue weighted by atomic mass is 19.4. The number of nitrogens with zero attached hydrogens (tertiary/aromatic N) is 5. The standard InChI is InChI=1S/C27H24F5N5O2/c1-14-10-35(13-23(39-14)16-9-33-37(11-16)18-4-5-18)19-8-21(20-6-3-17(28)7-22(20)29)25-34-15(2)24(27(30,31)32)26(38)36(25)12-19/h3,6-9,11-12,14,18,23H,4-5,10,13H2,1-2H3. The van der Waals surface area contributed by atoms with Crippen molar-refractivity contribution < 1.29 is 26.7 Å². The summed E-state index contributed by atoms with van der Waals surface area (Å²) in [4.78, 5) is 19.1. The lowest BCUT2D eigenvalue weighted by atomic mass is 10.0. The van der Waals surface area contributed by atoms with Crippen molar-refractivity contribution in [3.8, 4) is 11.1 Å². The third-order valence-electron chi connectivity index (χ3n) is 7.14. The third-order valence-corrected chi connectivity index (χ3v) is 7.14. The molecule has 2 fully saturated rings. The first kappa shape index (κ1) is 25.5. The summed E-state index contributed by atoms with van der Waals surface area (Å²) >= 11 is 0. The van der Waals surface area contributed by atoms with E-state index in [1.165, 1.54) is 12.3 Å². The summed E-state index contributed by atoms with van der Waals surface area (Å²) in [5.74, 6) is -1.74. The van der Waals surface area contributed by atoms with Gasteiger partial charge in [-0.2, -0.15) is 18.3 Å². The van der Waals surface area contributed by atoms with E-state index in [0.717, 1.165) is 35.8 Å². The number of alkyl halides is 3. The van der Waals surface area contributed by atoms with Crippen LogP contribution in [-0.4, -0.2) is 38.4 Å². The Balaban J connectivity index is 1.51. The Labute approximate surface area is 219 Å². The van der Waals surface area contributed by atoms with E-state index in [4.69, 9.17) is 4.74 Å². The van der Waals surface area contributed by atoms with Gasteiger partial charge in [0, 0.05) is 48.2 Å². The molecule has 4 aromatic rings. The molecule has 6 rings (SSSR count). The zero-order valence-electron chi connectivity index (χ0n) is 21.0. The Hall–Kier alpha value is -3.80. The molecule has 1 aliphatic heterocycles. The molecule has 12 heteroatoms. The second-order valence-electron chi connectivity index (χ2n) is 10.1. The lowest BCUT2D eigenvalue weighted by molar-refractivity contribution is -0.139. The molecular weight excluding hydrogens is 521 g/mol. The van der Waals surface area contributed by atoms with E-state index in [1.54, 1.807) is 12.3 Å². The van der Waals surface area contributed by atoms with Crippen LogP contribution in [0.25, 0.3) is 16.8 Å². The molecule has 0 radical (unpaired) electrons. The van der Waals surface area contributed by atoms with Crippen LogP contribution in [0.5, 0.6) is 0 Å². The number of halogens is 5. The van der Waals surface area contributed by atoms with Gasteiger partial charge in [0.25, 0.3) is 5.56 Å². The van der Waals surface area contributed by atoms with Crippen molar-refractivity contribution in [1.82, 2.24) is 19.2 Å². The van der Waals surface area contributed by atoms with Gasteiger partial charge in [0.05, 0.1) is 29.7 Å². The first-order chi connectivity index (χ1) is 18.5. The maximum Gasteiger partial charge on any atom is 0.423 e. The summed E-state index contributed by atoms with van der Waals surface area (Å²) in [6.45, 7) is 3.63. The van der Waals surface area contributed by atoms with Crippen molar-refractivity contribution in [2.24, 2.45) is 0 Å². The molecule has 39 heavy (non-hydrogen) atoms. The predicted molar refractivity (Wildman–Crippen MR) is 133 cm³/mol. The van der Waals surface area contributed by atoms with Gasteiger partial charge in [-0.3, -0.25) is 13.9 Å². The normalized spacial score (nSPS) is 20.1. The first-order valence-corrected chi connectivity index (χ1v) is 12.5. The summed E-state index contributed by atoms with van der Waals surface area (Å²) in [7, 11) is 0. The zero-order chi connectivity index (χ0) is 27.6. The molecule has 3 aromatic heterocycles. The summed E-state index contributed by atoms with van der Waals surface area (Å²) < 4.78 is 78.9. The number of aromatic nitrogens is 4. The van der Waals surface area contributed by atoms with Crippen molar-refractivity contribution in [2.75, 3.05) is 18.0 Å². The highest BCUT2D eigenvalue weighted by molar-refractivity contribution is 5.81. The fourth-order valence-electron chi connectivity index (χ4n) is 5.14. The van der Waals surface area contributed by atoms with Crippen LogP contribution in [0.1, 0.15) is 48.7 Å². The molecule has 4 heterocycles. The molecule has 204 valence electrons. The van der Waals surface area contributed by atoms with Crippen LogP contribution < -0.4 is 10.5 Å². The smallest absolute Gasteiger partial charge is 0.367 e. The van der Waals surface area contributed by atoms with Gasteiger partial charge in [0.2, 0.25) is 0 Å². The van der Waals surface area contributed by atoms with E-state index < -0.39 is 34.6 Å². The Morgan fingerprint density at radius 2 is 1.82 bits per heavy atom. The fraction of sp³-hybridized carbons (Fsp3) is 0.370. The van der Waals surface area contributed by atoms with Crippen LogP contribution in [0.2, 0.25) is 0 Å². The zero-order valence-corrected chi connectivity index (χ0v) is 21.0. The molecule has 0 bridgehead atoms. The minimum Gasteiger partial charge on any atom is -0.367 e. The number of anilines is 1. The van der Waals surface area contributed by atoms with Gasteiger partial charge >= 0.3 is 6.18 Å². The van der Waals surface area contributed by atoms with Crippen molar-refractivity contribution in [2.45, 2.75) is 51.1 Å². The highest BCUT2D eigenvalue weighted by Gasteiger charge is 2.38. The summed E-state index contributed by atoms with van der Waals surface area (Å²) in [5.41, 5.74) is -2.21. The molecule has 1 aliphatic carbocycles. The average Bonchev–Trinajstić information content (AvgIpc) is 3.59. The maximum absolute atomic E-state index is 14.9. The lowest BCUT2D eigenvalue weighted by Crippen LogP contribution is -2.43. The number of hydrogen-bond donors (Lipinski definition) is 0.